The van der Waals surface area contributed by atoms with Gasteiger partial charge < -0.3 is 10.1 Å². The third kappa shape index (κ3) is 6.01. The van der Waals surface area contributed by atoms with E-state index in [-0.39, 0.29) is 28.8 Å². The summed E-state index contributed by atoms with van der Waals surface area (Å²) in [5.41, 5.74) is 0.330. The van der Waals surface area contributed by atoms with E-state index < -0.39 is 16.1 Å². The van der Waals surface area contributed by atoms with Crippen LogP contribution in [0.4, 0.5) is 5.69 Å². The van der Waals surface area contributed by atoms with Crippen molar-refractivity contribution in [2.24, 2.45) is 11.8 Å². The molecule has 0 spiro atoms. The van der Waals surface area contributed by atoms with Crippen LogP contribution in [0.25, 0.3) is 0 Å². The van der Waals surface area contributed by atoms with Crippen LogP contribution in [-0.4, -0.2) is 39.8 Å². The van der Waals surface area contributed by atoms with E-state index in [1.807, 2.05) is 27.7 Å². The maximum atomic E-state index is 13.0. The molecule has 0 fully saturated rings. The SMILES string of the molecule is CCC(C(=O)NC(C(C)C)C(C)C)N(c1ccc(OC)c(Cl)c1)S(C)(=O)=O. The number of halogens is 1. The average molecular weight is 419 g/mol. The van der Waals surface area contributed by atoms with Crippen LogP contribution >= 0.6 is 11.6 Å². The van der Waals surface area contributed by atoms with Crippen molar-refractivity contribution in [2.75, 3.05) is 17.7 Å². The summed E-state index contributed by atoms with van der Waals surface area (Å²) in [6.45, 7) is 9.91. The Labute approximate surface area is 168 Å². The van der Waals surface area contributed by atoms with Crippen LogP contribution in [0, 0.1) is 11.8 Å². The molecule has 6 nitrogen and oxygen atoms in total. The van der Waals surface area contributed by atoms with E-state index in [2.05, 4.69) is 5.32 Å². The molecule has 1 unspecified atom stereocenters. The van der Waals surface area contributed by atoms with Crippen LogP contribution in [0.2, 0.25) is 5.02 Å². The smallest absolute Gasteiger partial charge is 0.244 e. The Balaban J connectivity index is 3.32. The van der Waals surface area contributed by atoms with Gasteiger partial charge in [-0.15, -0.1) is 0 Å². The Morgan fingerprint density at radius 2 is 1.78 bits per heavy atom. The maximum absolute atomic E-state index is 13.0. The van der Waals surface area contributed by atoms with Crippen molar-refractivity contribution in [3.63, 3.8) is 0 Å². The average Bonchev–Trinajstić information content (AvgIpc) is 2.55. The number of anilines is 1. The van der Waals surface area contributed by atoms with Gasteiger partial charge in [-0.2, -0.15) is 0 Å². The highest BCUT2D eigenvalue weighted by atomic mass is 35.5. The fourth-order valence-electron chi connectivity index (χ4n) is 3.22. The molecule has 0 bridgehead atoms. The van der Waals surface area contributed by atoms with Gasteiger partial charge in [-0.3, -0.25) is 9.10 Å². The molecule has 154 valence electrons. The Kier molecular flexibility index (Phi) is 8.42. The van der Waals surface area contributed by atoms with Gasteiger partial charge in [-0.05, 0) is 36.5 Å². The number of nitrogens with one attached hydrogen (secondary N) is 1. The normalized spacial score (nSPS) is 13.1. The Hall–Kier alpha value is -1.47. The lowest BCUT2D eigenvalue weighted by Crippen LogP contribution is -2.53. The third-order valence-electron chi connectivity index (χ3n) is 4.46. The molecule has 0 aliphatic rings. The van der Waals surface area contributed by atoms with Gasteiger partial charge in [-0.25, -0.2) is 8.42 Å². The van der Waals surface area contributed by atoms with Crippen molar-refractivity contribution in [1.82, 2.24) is 5.32 Å². The molecule has 27 heavy (non-hydrogen) atoms. The number of amides is 1. The summed E-state index contributed by atoms with van der Waals surface area (Å²) in [6, 6.07) is 3.76. The van der Waals surface area contributed by atoms with Crippen LogP contribution in [-0.2, 0) is 14.8 Å². The number of rotatable bonds is 9. The minimum Gasteiger partial charge on any atom is -0.495 e. The molecule has 1 atom stereocenters. The summed E-state index contributed by atoms with van der Waals surface area (Å²) in [6.07, 6.45) is 1.41. The molecule has 0 radical (unpaired) electrons. The Bertz CT molecular complexity index is 742. The zero-order valence-electron chi connectivity index (χ0n) is 17.1. The summed E-state index contributed by atoms with van der Waals surface area (Å²) in [5.74, 6) is 0.579. The number of sulfonamides is 1. The van der Waals surface area contributed by atoms with Crippen LogP contribution in [0.3, 0.4) is 0 Å². The molecule has 1 aromatic rings. The molecule has 0 saturated heterocycles. The minimum atomic E-state index is -3.71. The van der Waals surface area contributed by atoms with Crippen molar-refractivity contribution in [2.45, 2.75) is 53.1 Å². The molecule has 1 rings (SSSR count). The van der Waals surface area contributed by atoms with E-state index in [0.29, 0.717) is 17.9 Å². The van der Waals surface area contributed by atoms with Gasteiger partial charge in [0.15, 0.2) is 0 Å². The number of ether oxygens (including phenoxy) is 1. The first kappa shape index (κ1) is 23.6. The van der Waals surface area contributed by atoms with Gasteiger partial charge in [0.2, 0.25) is 15.9 Å². The first-order chi connectivity index (χ1) is 12.4. The van der Waals surface area contributed by atoms with Gasteiger partial charge in [0.1, 0.15) is 11.8 Å². The molecule has 1 N–H and O–H groups in total. The van der Waals surface area contributed by atoms with Crippen molar-refractivity contribution < 1.29 is 17.9 Å². The zero-order valence-corrected chi connectivity index (χ0v) is 18.7. The van der Waals surface area contributed by atoms with Crippen LogP contribution < -0.4 is 14.4 Å². The number of hydrogen-bond acceptors (Lipinski definition) is 4. The predicted octanol–water partition coefficient (Wildman–Crippen LogP) is 3.69. The Morgan fingerprint density at radius 3 is 2.15 bits per heavy atom. The zero-order chi connectivity index (χ0) is 20.9. The van der Waals surface area contributed by atoms with Crippen LogP contribution in [0.5, 0.6) is 5.75 Å². The molecule has 0 saturated carbocycles. The number of methoxy groups -OCH3 is 1. The monoisotopic (exact) mass is 418 g/mol. The van der Waals surface area contributed by atoms with E-state index >= 15 is 0 Å². The fourth-order valence-corrected chi connectivity index (χ4v) is 4.67. The highest BCUT2D eigenvalue weighted by molar-refractivity contribution is 7.92. The quantitative estimate of drug-likeness (QED) is 0.663. The van der Waals surface area contributed by atoms with Crippen LogP contribution in [0.15, 0.2) is 18.2 Å². The van der Waals surface area contributed by atoms with Gasteiger partial charge in [0.25, 0.3) is 0 Å². The number of carbonyl (C=O) groups excluding carboxylic acids is 1. The molecular formula is C19H31ClN2O4S. The fraction of sp³-hybridized carbons (Fsp3) is 0.632. The third-order valence-corrected chi connectivity index (χ3v) is 5.94. The van der Waals surface area contributed by atoms with Gasteiger partial charge >= 0.3 is 0 Å². The first-order valence-corrected chi connectivity index (χ1v) is 11.3. The second-order valence-electron chi connectivity index (χ2n) is 7.32. The molecule has 8 heteroatoms. The highest BCUT2D eigenvalue weighted by Gasteiger charge is 2.33. The van der Waals surface area contributed by atoms with Gasteiger partial charge in [0.05, 0.1) is 24.1 Å². The van der Waals surface area contributed by atoms with E-state index in [9.17, 15) is 13.2 Å². The molecule has 1 amide bonds. The van der Waals surface area contributed by atoms with Crippen molar-refractivity contribution in [3.05, 3.63) is 23.2 Å². The van der Waals surface area contributed by atoms with Crippen molar-refractivity contribution in [3.8, 4) is 5.75 Å². The Morgan fingerprint density at radius 1 is 1.22 bits per heavy atom. The minimum absolute atomic E-state index is 0.0487. The number of benzene rings is 1. The van der Waals surface area contributed by atoms with E-state index in [1.165, 1.54) is 13.2 Å². The summed E-state index contributed by atoms with van der Waals surface area (Å²) in [4.78, 5) is 13.0. The molecule has 0 aromatic heterocycles. The number of nitrogens with zero attached hydrogens (tertiary/aromatic N) is 1. The lowest BCUT2D eigenvalue weighted by molar-refractivity contribution is -0.123. The highest BCUT2D eigenvalue weighted by Crippen LogP contribution is 2.32. The topological polar surface area (TPSA) is 75.7 Å². The lowest BCUT2D eigenvalue weighted by atomic mass is 9.93. The second kappa shape index (κ2) is 9.64. The predicted molar refractivity (Wildman–Crippen MR) is 111 cm³/mol. The summed E-state index contributed by atoms with van der Waals surface area (Å²) in [5, 5.41) is 3.30. The molecular weight excluding hydrogens is 388 g/mol. The van der Waals surface area contributed by atoms with E-state index in [0.717, 1.165) is 10.6 Å². The summed E-state index contributed by atoms with van der Waals surface area (Å²) in [7, 11) is -2.23. The number of carbonyl (C=O) groups is 1. The van der Waals surface area contributed by atoms with E-state index in [1.54, 1.807) is 19.1 Å². The largest absolute Gasteiger partial charge is 0.495 e. The molecule has 0 heterocycles. The molecule has 1 aromatic carbocycles. The molecule has 0 aliphatic heterocycles. The first-order valence-electron chi connectivity index (χ1n) is 9.07. The van der Waals surface area contributed by atoms with E-state index in [4.69, 9.17) is 16.3 Å². The van der Waals surface area contributed by atoms with Crippen LogP contribution in [0.1, 0.15) is 41.0 Å². The van der Waals surface area contributed by atoms with Gasteiger partial charge in [-0.1, -0.05) is 46.2 Å². The molecule has 0 aliphatic carbocycles. The second-order valence-corrected chi connectivity index (χ2v) is 9.59. The lowest BCUT2D eigenvalue weighted by Gasteiger charge is -2.33. The maximum Gasteiger partial charge on any atom is 0.244 e. The summed E-state index contributed by atoms with van der Waals surface area (Å²) >= 11 is 6.17. The van der Waals surface area contributed by atoms with Crippen molar-refractivity contribution in [1.29, 1.82) is 0 Å². The van der Waals surface area contributed by atoms with Gasteiger partial charge in [0, 0.05) is 6.04 Å². The number of hydrogen-bond donors (Lipinski definition) is 1. The standard InChI is InChI=1S/C19H31ClN2O4S/c1-8-16(19(23)21-18(12(2)3)13(4)5)22(27(7,24)25)14-9-10-17(26-6)15(20)11-14/h9-13,16,18H,8H2,1-7H3,(H,21,23). The van der Waals surface area contributed by atoms with Crippen molar-refractivity contribution >= 4 is 33.2 Å². The summed E-state index contributed by atoms with van der Waals surface area (Å²) < 4.78 is 31.3.